The number of nitrogens with one attached hydrogen (secondary N) is 2. The van der Waals surface area contributed by atoms with Gasteiger partial charge in [-0.2, -0.15) is 8.42 Å². The van der Waals surface area contributed by atoms with Crippen molar-refractivity contribution in [3.8, 4) is 0 Å². The van der Waals surface area contributed by atoms with Gasteiger partial charge in [0, 0.05) is 17.8 Å². The number of carbonyl (C=O) groups excluding carboxylic acids is 1. The summed E-state index contributed by atoms with van der Waals surface area (Å²) in [6, 6.07) is 7.82. The number of anilines is 1. The first-order chi connectivity index (χ1) is 11.3. The molecule has 2 rings (SSSR count). The van der Waals surface area contributed by atoms with Crippen LogP contribution < -0.4 is 10.0 Å². The van der Waals surface area contributed by atoms with Crippen molar-refractivity contribution in [3.05, 3.63) is 41.1 Å². The molecule has 1 aliphatic rings. The maximum absolute atomic E-state index is 12.1. The molecule has 0 aromatic heterocycles. The van der Waals surface area contributed by atoms with E-state index < -0.39 is 10.2 Å². The van der Waals surface area contributed by atoms with Crippen molar-refractivity contribution in [1.82, 2.24) is 4.72 Å². The molecular weight excluding hydrogens is 326 g/mol. The van der Waals surface area contributed by atoms with Crippen molar-refractivity contribution in [3.63, 3.8) is 0 Å². The Hall–Kier alpha value is -2.15. The molecule has 1 amide bonds. The maximum Gasteiger partial charge on any atom is 0.342 e. The third-order valence-electron chi connectivity index (χ3n) is 3.81. The van der Waals surface area contributed by atoms with Gasteiger partial charge in [-0.1, -0.05) is 25.5 Å². The number of amides is 1. The zero-order chi connectivity index (χ0) is 17.7. The van der Waals surface area contributed by atoms with Gasteiger partial charge in [-0.25, -0.2) is 0 Å². The number of hydrogen-bond donors (Lipinski definition) is 2. The van der Waals surface area contributed by atoms with Gasteiger partial charge in [-0.05, 0) is 50.0 Å². The molecule has 0 spiro atoms. The van der Waals surface area contributed by atoms with Crippen LogP contribution in [0.25, 0.3) is 0 Å². The Kier molecular flexibility index (Phi) is 5.77. The molecule has 1 aromatic rings. The Morgan fingerprint density at radius 3 is 2.42 bits per heavy atom. The minimum atomic E-state index is -3.63. The summed E-state index contributed by atoms with van der Waals surface area (Å²) in [5, 5.41) is 2.86. The lowest BCUT2D eigenvalue weighted by atomic mass is 10.0. The molecule has 0 radical (unpaired) electrons. The summed E-state index contributed by atoms with van der Waals surface area (Å²) < 4.78 is 28.9. The van der Waals surface area contributed by atoms with Crippen LogP contribution in [0.15, 0.2) is 39.9 Å². The molecule has 0 saturated carbocycles. The number of allylic oxidation sites excluding steroid dienone is 2. The molecule has 24 heavy (non-hydrogen) atoms. The quantitative estimate of drug-likeness (QED) is 0.828. The Labute approximate surface area is 143 Å². The van der Waals surface area contributed by atoms with Crippen LogP contribution in [0.5, 0.6) is 0 Å². The largest absolute Gasteiger partial charge is 0.342 e. The van der Waals surface area contributed by atoms with Gasteiger partial charge in [0.05, 0.1) is 5.71 Å². The minimum absolute atomic E-state index is 0.111. The molecule has 0 atom stereocenters. The van der Waals surface area contributed by atoms with E-state index in [4.69, 9.17) is 0 Å². The van der Waals surface area contributed by atoms with E-state index in [1.54, 1.807) is 13.8 Å². The van der Waals surface area contributed by atoms with Crippen LogP contribution in [0.3, 0.4) is 0 Å². The smallest absolute Gasteiger partial charge is 0.326 e. The highest BCUT2D eigenvalue weighted by Gasteiger charge is 2.20. The highest BCUT2D eigenvalue weighted by Crippen LogP contribution is 2.19. The number of carbonyl (C=O) groups is 1. The Morgan fingerprint density at radius 1 is 1.17 bits per heavy atom. The van der Waals surface area contributed by atoms with E-state index in [-0.39, 0.29) is 12.3 Å². The van der Waals surface area contributed by atoms with Crippen molar-refractivity contribution in [2.45, 2.75) is 46.5 Å². The van der Waals surface area contributed by atoms with Gasteiger partial charge in [0.2, 0.25) is 5.91 Å². The van der Waals surface area contributed by atoms with E-state index in [9.17, 15) is 13.2 Å². The van der Waals surface area contributed by atoms with Gasteiger partial charge in [-0.3, -0.25) is 9.52 Å². The van der Waals surface area contributed by atoms with Crippen LogP contribution in [-0.2, 0) is 21.4 Å². The van der Waals surface area contributed by atoms with Gasteiger partial charge in [0.25, 0.3) is 0 Å². The zero-order valence-corrected chi connectivity index (χ0v) is 15.0. The summed E-state index contributed by atoms with van der Waals surface area (Å²) in [4.78, 5) is 12.1. The van der Waals surface area contributed by atoms with Gasteiger partial charge >= 0.3 is 10.2 Å². The lowest BCUT2D eigenvalue weighted by molar-refractivity contribution is -0.116. The first-order valence-electron chi connectivity index (χ1n) is 7.99. The molecule has 0 saturated heterocycles. The average molecular weight is 349 g/mol. The first kappa shape index (κ1) is 18.2. The van der Waals surface area contributed by atoms with Crippen molar-refractivity contribution in [2.24, 2.45) is 4.40 Å². The van der Waals surface area contributed by atoms with Crippen molar-refractivity contribution in [2.75, 3.05) is 5.32 Å². The third-order valence-corrected chi connectivity index (χ3v) is 4.89. The second-order valence-corrected chi connectivity index (χ2v) is 7.19. The molecule has 0 unspecified atom stereocenters. The molecule has 0 fully saturated rings. The van der Waals surface area contributed by atoms with Gasteiger partial charge in [0.15, 0.2) is 0 Å². The summed E-state index contributed by atoms with van der Waals surface area (Å²) in [6.07, 6.45) is 2.81. The summed E-state index contributed by atoms with van der Waals surface area (Å²) in [5.74, 6) is -0.111. The minimum Gasteiger partial charge on any atom is -0.326 e. The monoisotopic (exact) mass is 349 g/mol. The van der Waals surface area contributed by atoms with Gasteiger partial charge in [0.1, 0.15) is 0 Å². The standard InChI is InChI=1S/C17H23N3O3S/c1-4-5-14-6-8-15(9-7-14)18-17(21)11-10-16-12(2)19-24(22,23)20-13(16)3/h6-9,19H,4-5,10-11H2,1-3H3,(H,18,21). The number of benzene rings is 1. The molecule has 7 heteroatoms. The second-order valence-electron chi connectivity index (χ2n) is 5.85. The average Bonchev–Trinajstić information content (AvgIpc) is 2.47. The van der Waals surface area contributed by atoms with Gasteiger partial charge in [-0.15, -0.1) is 4.40 Å². The van der Waals surface area contributed by atoms with Gasteiger partial charge < -0.3 is 5.32 Å². The molecule has 1 aliphatic heterocycles. The summed E-state index contributed by atoms with van der Waals surface area (Å²) >= 11 is 0. The number of nitrogens with zero attached hydrogens (tertiary/aromatic N) is 1. The number of hydrogen-bond acceptors (Lipinski definition) is 3. The topological polar surface area (TPSA) is 87.6 Å². The molecule has 0 bridgehead atoms. The van der Waals surface area contributed by atoms with Crippen LogP contribution in [0.2, 0.25) is 0 Å². The molecule has 1 heterocycles. The van der Waals surface area contributed by atoms with E-state index in [1.807, 2.05) is 24.3 Å². The Morgan fingerprint density at radius 2 is 1.83 bits per heavy atom. The normalized spacial score (nSPS) is 16.4. The van der Waals surface area contributed by atoms with Crippen LogP contribution in [0.4, 0.5) is 5.69 Å². The molecule has 0 aliphatic carbocycles. The fourth-order valence-corrected chi connectivity index (χ4v) is 3.68. The summed E-state index contributed by atoms with van der Waals surface area (Å²) in [7, 11) is -3.63. The van der Waals surface area contributed by atoms with Crippen molar-refractivity contribution in [1.29, 1.82) is 0 Å². The Bertz CT molecular complexity index is 778. The summed E-state index contributed by atoms with van der Waals surface area (Å²) in [6.45, 7) is 5.44. The first-order valence-corrected chi connectivity index (χ1v) is 9.43. The van der Waals surface area contributed by atoms with E-state index >= 15 is 0 Å². The highest BCUT2D eigenvalue weighted by atomic mass is 32.2. The van der Waals surface area contributed by atoms with E-state index in [1.165, 1.54) is 5.56 Å². The number of aryl methyl sites for hydroxylation is 1. The lowest BCUT2D eigenvalue weighted by Crippen LogP contribution is -2.28. The lowest BCUT2D eigenvalue weighted by Gasteiger charge is -2.17. The molecule has 2 N–H and O–H groups in total. The molecular formula is C17H23N3O3S. The molecule has 6 nitrogen and oxygen atoms in total. The van der Waals surface area contributed by atoms with Crippen LogP contribution in [-0.4, -0.2) is 20.0 Å². The highest BCUT2D eigenvalue weighted by molar-refractivity contribution is 7.88. The second kappa shape index (κ2) is 7.61. The number of rotatable bonds is 6. The maximum atomic E-state index is 12.1. The van der Waals surface area contributed by atoms with E-state index in [2.05, 4.69) is 21.4 Å². The van der Waals surface area contributed by atoms with Crippen LogP contribution in [0, 0.1) is 0 Å². The predicted octanol–water partition coefficient (Wildman–Crippen LogP) is 2.94. The van der Waals surface area contributed by atoms with E-state index in [0.717, 1.165) is 24.1 Å². The fraction of sp³-hybridized carbons (Fsp3) is 0.412. The van der Waals surface area contributed by atoms with Crippen molar-refractivity contribution >= 4 is 27.5 Å². The molecule has 1 aromatic carbocycles. The van der Waals surface area contributed by atoms with E-state index in [0.29, 0.717) is 17.8 Å². The van der Waals surface area contributed by atoms with Crippen molar-refractivity contribution < 1.29 is 13.2 Å². The fourth-order valence-electron chi connectivity index (χ4n) is 2.66. The third kappa shape index (κ3) is 4.92. The SMILES string of the molecule is CCCc1ccc(NC(=O)CCC2=C(C)NS(=O)(=O)N=C2C)cc1. The zero-order valence-electron chi connectivity index (χ0n) is 14.2. The predicted molar refractivity (Wildman–Crippen MR) is 96.2 cm³/mol. The van der Waals surface area contributed by atoms with Crippen LogP contribution in [0.1, 0.15) is 45.6 Å². The summed E-state index contributed by atoms with van der Waals surface area (Å²) in [5.41, 5.74) is 3.73. The van der Waals surface area contributed by atoms with Crippen LogP contribution >= 0.6 is 0 Å². The Balaban J connectivity index is 1.93. The molecule has 130 valence electrons.